The zero-order chi connectivity index (χ0) is 21.6. The van der Waals surface area contributed by atoms with Crippen molar-refractivity contribution in [3.8, 4) is 0 Å². The van der Waals surface area contributed by atoms with Crippen molar-refractivity contribution in [3.05, 3.63) is 35.1 Å². The van der Waals surface area contributed by atoms with Crippen molar-refractivity contribution in [2.75, 3.05) is 13.1 Å². The zero-order valence-corrected chi connectivity index (χ0v) is 19.1. The number of likely N-dealkylation sites (tertiary alicyclic amines) is 1. The average Bonchev–Trinajstić information content (AvgIpc) is 2.88. The SMILES string of the molecule is CC(C)(C)OC(=O)N1CCC2(CC1)Cc1c(F)cccc1[C@@H]2N[S@@](=O)C(C)(C)C. The largest absolute Gasteiger partial charge is 0.444 e. The fraction of sp³-hybridized carbons (Fsp3) is 0.682. The molecule has 0 bridgehead atoms. The van der Waals surface area contributed by atoms with E-state index in [1.54, 1.807) is 11.0 Å². The van der Waals surface area contributed by atoms with Gasteiger partial charge in [0.25, 0.3) is 0 Å². The molecule has 1 heterocycles. The van der Waals surface area contributed by atoms with Gasteiger partial charge in [-0.25, -0.2) is 18.1 Å². The summed E-state index contributed by atoms with van der Waals surface area (Å²) < 4.78 is 35.9. The van der Waals surface area contributed by atoms with Crippen molar-refractivity contribution >= 4 is 17.1 Å². The quantitative estimate of drug-likeness (QED) is 0.761. The van der Waals surface area contributed by atoms with E-state index in [9.17, 15) is 13.4 Å². The van der Waals surface area contributed by atoms with E-state index in [0.29, 0.717) is 37.9 Å². The Morgan fingerprint density at radius 3 is 2.38 bits per heavy atom. The molecule has 1 spiro atoms. The van der Waals surface area contributed by atoms with Gasteiger partial charge in [0.2, 0.25) is 0 Å². The van der Waals surface area contributed by atoms with Crippen LogP contribution in [0.5, 0.6) is 0 Å². The smallest absolute Gasteiger partial charge is 0.410 e. The lowest BCUT2D eigenvalue weighted by Crippen LogP contribution is -2.49. The van der Waals surface area contributed by atoms with Gasteiger partial charge in [-0.2, -0.15) is 0 Å². The molecule has 0 aromatic heterocycles. The number of piperidine rings is 1. The molecule has 2 atom stereocenters. The average molecular weight is 425 g/mol. The number of fused-ring (bicyclic) bond motifs is 1. The molecule has 1 fully saturated rings. The van der Waals surface area contributed by atoms with E-state index >= 15 is 0 Å². The van der Waals surface area contributed by atoms with Crippen LogP contribution in [0.4, 0.5) is 9.18 Å². The third-order valence-corrected chi connectivity index (χ3v) is 7.36. The van der Waals surface area contributed by atoms with E-state index in [1.807, 2.05) is 47.6 Å². The second kappa shape index (κ2) is 7.65. The fourth-order valence-electron chi connectivity index (χ4n) is 4.22. The van der Waals surface area contributed by atoms with Crippen LogP contribution in [0.15, 0.2) is 18.2 Å². The summed E-state index contributed by atoms with van der Waals surface area (Å²) in [5.74, 6) is -0.206. The summed E-state index contributed by atoms with van der Waals surface area (Å²) in [5, 5.41) is 0. The Labute approximate surface area is 176 Å². The van der Waals surface area contributed by atoms with Crippen LogP contribution >= 0.6 is 0 Å². The van der Waals surface area contributed by atoms with E-state index in [2.05, 4.69) is 4.72 Å². The molecule has 3 rings (SSSR count). The minimum atomic E-state index is -1.28. The van der Waals surface area contributed by atoms with Crippen molar-refractivity contribution in [2.24, 2.45) is 5.41 Å². The first kappa shape index (κ1) is 22.2. The van der Waals surface area contributed by atoms with E-state index in [1.165, 1.54) is 6.07 Å². The maximum atomic E-state index is 14.6. The Kier molecular flexibility index (Phi) is 5.86. The van der Waals surface area contributed by atoms with Crippen LogP contribution < -0.4 is 4.72 Å². The number of amides is 1. The molecular formula is C22H33FN2O3S. The van der Waals surface area contributed by atoms with Crippen LogP contribution in [0.3, 0.4) is 0 Å². The molecule has 5 nitrogen and oxygen atoms in total. The monoisotopic (exact) mass is 424 g/mol. The summed E-state index contributed by atoms with van der Waals surface area (Å²) in [6, 6.07) is 4.95. The molecule has 7 heteroatoms. The van der Waals surface area contributed by atoms with Crippen LogP contribution in [0.2, 0.25) is 0 Å². The Morgan fingerprint density at radius 2 is 1.83 bits per heavy atom. The first-order valence-electron chi connectivity index (χ1n) is 10.3. The van der Waals surface area contributed by atoms with Crippen LogP contribution in [-0.2, 0) is 22.1 Å². The molecule has 2 aliphatic rings. The molecule has 1 aliphatic heterocycles. The third kappa shape index (κ3) is 4.66. The van der Waals surface area contributed by atoms with E-state index in [0.717, 1.165) is 5.56 Å². The lowest BCUT2D eigenvalue weighted by Gasteiger charge is -2.44. The maximum absolute atomic E-state index is 14.6. The van der Waals surface area contributed by atoms with Gasteiger partial charge in [-0.15, -0.1) is 0 Å². The number of benzene rings is 1. The summed E-state index contributed by atoms with van der Waals surface area (Å²) in [6.07, 6.45) is 1.70. The second-order valence-corrected chi connectivity index (χ2v) is 12.2. The van der Waals surface area contributed by atoms with E-state index < -0.39 is 21.3 Å². The highest BCUT2D eigenvalue weighted by molar-refractivity contribution is 7.84. The van der Waals surface area contributed by atoms with Gasteiger partial charge in [0.1, 0.15) is 11.4 Å². The first-order chi connectivity index (χ1) is 13.3. The molecule has 1 aromatic carbocycles. The highest BCUT2D eigenvalue weighted by Gasteiger charge is 2.50. The molecule has 1 amide bonds. The zero-order valence-electron chi connectivity index (χ0n) is 18.3. The first-order valence-corrected chi connectivity index (χ1v) is 11.4. The molecule has 29 heavy (non-hydrogen) atoms. The summed E-state index contributed by atoms with van der Waals surface area (Å²) in [5.41, 5.74) is 0.811. The molecule has 0 saturated carbocycles. The Bertz CT molecular complexity index is 805. The van der Waals surface area contributed by atoms with Gasteiger partial charge >= 0.3 is 6.09 Å². The van der Waals surface area contributed by atoms with Crippen LogP contribution in [0, 0.1) is 11.2 Å². The number of carbonyl (C=O) groups is 1. The molecule has 1 aromatic rings. The van der Waals surface area contributed by atoms with Gasteiger partial charge in [-0.1, -0.05) is 12.1 Å². The molecular weight excluding hydrogens is 391 g/mol. The number of ether oxygens (including phenoxy) is 1. The van der Waals surface area contributed by atoms with E-state index in [4.69, 9.17) is 4.74 Å². The molecule has 1 saturated heterocycles. The number of halogens is 1. The highest BCUT2D eigenvalue weighted by atomic mass is 32.2. The van der Waals surface area contributed by atoms with Crippen molar-refractivity contribution in [3.63, 3.8) is 0 Å². The number of carbonyl (C=O) groups excluding carboxylic acids is 1. The summed E-state index contributed by atoms with van der Waals surface area (Å²) >= 11 is 0. The molecule has 1 N–H and O–H groups in total. The summed E-state index contributed by atoms with van der Waals surface area (Å²) in [4.78, 5) is 14.2. The molecule has 1 aliphatic carbocycles. The standard InChI is InChI=1S/C22H33FN2O3S/c1-20(2,3)28-19(26)25-12-10-22(11-13-25)14-16-15(8-7-9-17(16)23)18(22)24-29(27)21(4,5)6/h7-9,18,24H,10-14H2,1-6H3/t18-,29-/m0/s1. The number of nitrogens with zero attached hydrogens (tertiary/aromatic N) is 1. The van der Waals surface area contributed by atoms with Crippen molar-refractivity contribution < 1.29 is 18.1 Å². The van der Waals surface area contributed by atoms with Gasteiger partial charge < -0.3 is 9.64 Å². The minimum absolute atomic E-state index is 0.200. The lowest BCUT2D eigenvalue weighted by atomic mass is 9.73. The van der Waals surface area contributed by atoms with Crippen molar-refractivity contribution in [1.29, 1.82) is 0 Å². The lowest BCUT2D eigenvalue weighted by molar-refractivity contribution is 0.00718. The molecule has 162 valence electrons. The van der Waals surface area contributed by atoms with Gasteiger partial charge in [0.15, 0.2) is 0 Å². The Morgan fingerprint density at radius 1 is 1.21 bits per heavy atom. The van der Waals surface area contributed by atoms with Gasteiger partial charge in [-0.05, 0) is 83.4 Å². The predicted octanol–water partition coefficient (Wildman–Crippen LogP) is 4.49. The van der Waals surface area contributed by atoms with Crippen LogP contribution in [0.1, 0.15) is 71.6 Å². The minimum Gasteiger partial charge on any atom is -0.444 e. The van der Waals surface area contributed by atoms with Crippen molar-refractivity contribution in [2.45, 2.75) is 77.2 Å². The second-order valence-electron chi connectivity index (χ2n) is 10.2. The number of rotatable bonds is 2. The summed E-state index contributed by atoms with van der Waals surface area (Å²) in [6.45, 7) is 12.4. The van der Waals surface area contributed by atoms with Gasteiger partial charge in [0, 0.05) is 13.1 Å². The Balaban J connectivity index is 1.83. The summed E-state index contributed by atoms with van der Waals surface area (Å²) in [7, 11) is -1.28. The number of hydrogen-bond acceptors (Lipinski definition) is 3. The van der Waals surface area contributed by atoms with Gasteiger partial charge in [0.05, 0.1) is 21.8 Å². The number of hydrogen-bond donors (Lipinski definition) is 1. The maximum Gasteiger partial charge on any atom is 0.410 e. The predicted molar refractivity (Wildman–Crippen MR) is 113 cm³/mol. The Hall–Kier alpha value is -1.47. The highest BCUT2D eigenvalue weighted by Crippen LogP contribution is 2.53. The number of nitrogens with one attached hydrogen (secondary N) is 1. The van der Waals surface area contributed by atoms with Crippen LogP contribution in [0.25, 0.3) is 0 Å². The van der Waals surface area contributed by atoms with E-state index in [-0.39, 0.29) is 23.4 Å². The normalized spacial score (nSPS) is 22.4. The topological polar surface area (TPSA) is 58.6 Å². The van der Waals surface area contributed by atoms with Crippen molar-refractivity contribution in [1.82, 2.24) is 9.62 Å². The third-order valence-electron chi connectivity index (χ3n) is 5.80. The molecule has 0 radical (unpaired) electrons. The fourth-order valence-corrected chi connectivity index (χ4v) is 5.16. The molecule has 0 unspecified atom stereocenters. The van der Waals surface area contributed by atoms with Crippen LogP contribution in [-0.4, -0.2) is 38.6 Å². The van der Waals surface area contributed by atoms with Gasteiger partial charge in [-0.3, -0.25) is 0 Å².